The van der Waals surface area contributed by atoms with Gasteiger partial charge < -0.3 is 20.4 Å². The Morgan fingerprint density at radius 2 is 1.95 bits per heavy atom. The number of fused-ring (bicyclic) bond motifs is 1. The van der Waals surface area contributed by atoms with Crippen LogP contribution in [0.5, 0.6) is 0 Å². The number of rotatable bonds is 3. The van der Waals surface area contributed by atoms with E-state index in [1.165, 1.54) is 18.4 Å². The number of piperidine rings is 1. The van der Waals surface area contributed by atoms with Gasteiger partial charge in [-0.2, -0.15) is 0 Å². The minimum Gasteiger partial charge on any atom is -0.381 e. The van der Waals surface area contributed by atoms with Gasteiger partial charge in [0.2, 0.25) is 0 Å². The maximum absolute atomic E-state index is 5.41. The molecule has 22 heavy (non-hydrogen) atoms. The second-order valence-electron chi connectivity index (χ2n) is 6.25. The average molecular weight is 301 g/mol. The van der Waals surface area contributed by atoms with Crippen LogP contribution in [-0.4, -0.2) is 47.3 Å². The van der Waals surface area contributed by atoms with E-state index in [9.17, 15) is 0 Å². The van der Waals surface area contributed by atoms with E-state index in [1.54, 1.807) is 0 Å². The van der Waals surface area contributed by atoms with Gasteiger partial charge in [0.15, 0.2) is 5.65 Å². The molecule has 6 heteroatoms. The van der Waals surface area contributed by atoms with E-state index < -0.39 is 0 Å². The number of hydrogen-bond donors (Lipinski definition) is 3. The Balaban J connectivity index is 1.58. The van der Waals surface area contributed by atoms with Crippen LogP contribution in [0.1, 0.15) is 37.2 Å². The molecule has 2 fully saturated rings. The van der Waals surface area contributed by atoms with Gasteiger partial charge in [-0.25, -0.2) is 9.97 Å². The van der Waals surface area contributed by atoms with Gasteiger partial charge in [-0.05, 0) is 44.7 Å². The molecule has 0 amide bonds. The second kappa shape index (κ2) is 6.22. The Morgan fingerprint density at radius 3 is 2.77 bits per heavy atom. The quantitative estimate of drug-likeness (QED) is 0.808. The van der Waals surface area contributed by atoms with Crippen molar-refractivity contribution in [3.8, 4) is 0 Å². The summed E-state index contributed by atoms with van der Waals surface area (Å²) in [6.45, 7) is 3.84. The monoisotopic (exact) mass is 301 g/mol. The lowest BCUT2D eigenvalue weighted by molar-refractivity contribution is 0.0904. The fourth-order valence-corrected chi connectivity index (χ4v) is 3.48. The molecule has 0 atom stereocenters. The van der Waals surface area contributed by atoms with Crippen molar-refractivity contribution < 1.29 is 4.74 Å². The molecule has 4 rings (SSSR count). The second-order valence-corrected chi connectivity index (χ2v) is 6.25. The molecular weight excluding hydrogens is 278 g/mol. The van der Waals surface area contributed by atoms with Crippen LogP contribution in [0.15, 0.2) is 12.4 Å². The van der Waals surface area contributed by atoms with Crippen LogP contribution in [0.4, 0.5) is 5.82 Å². The highest BCUT2D eigenvalue weighted by Crippen LogP contribution is 2.30. The van der Waals surface area contributed by atoms with E-state index in [2.05, 4.69) is 26.8 Å². The zero-order valence-corrected chi connectivity index (χ0v) is 12.8. The van der Waals surface area contributed by atoms with Crippen LogP contribution < -0.4 is 10.6 Å². The highest BCUT2D eigenvalue weighted by atomic mass is 16.5. The minimum absolute atomic E-state index is 0.446. The molecule has 2 aliphatic heterocycles. The summed E-state index contributed by atoms with van der Waals surface area (Å²) >= 11 is 0. The lowest BCUT2D eigenvalue weighted by Gasteiger charge is -2.24. The Morgan fingerprint density at radius 1 is 1.14 bits per heavy atom. The highest BCUT2D eigenvalue weighted by molar-refractivity contribution is 5.77. The molecule has 0 aromatic carbocycles. The predicted molar refractivity (Wildman–Crippen MR) is 86.2 cm³/mol. The van der Waals surface area contributed by atoms with Crippen molar-refractivity contribution in [3.63, 3.8) is 0 Å². The first-order valence-electron chi connectivity index (χ1n) is 8.29. The van der Waals surface area contributed by atoms with Crippen molar-refractivity contribution in [2.75, 3.05) is 31.6 Å². The van der Waals surface area contributed by atoms with Crippen LogP contribution >= 0.6 is 0 Å². The predicted octanol–water partition coefficient (Wildman–Crippen LogP) is 2.02. The smallest absolute Gasteiger partial charge is 0.156 e. The Bertz CT molecular complexity index is 628. The van der Waals surface area contributed by atoms with Crippen LogP contribution in [0, 0.1) is 0 Å². The normalized spacial score (nSPS) is 21.3. The number of nitrogens with zero attached hydrogens (tertiary/aromatic N) is 2. The largest absolute Gasteiger partial charge is 0.381 e. The van der Waals surface area contributed by atoms with Crippen molar-refractivity contribution in [1.82, 2.24) is 20.3 Å². The van der Waals surface area contributed by atoms with Gasteiger partial charge in [-0.15, -0.1) is 0 Å². The molecule has 2 saturated heterocycles. The van der Waals surface area contributed by atoms with Crippen molar-refractivity contribution >= 4 is 17.0 Å². The summed E-state index contributed by atoms with van der Waals surface area (Å²) in [6, 6.07) is 0.446. The standard InChI is InChI=1S/C16H23N5O/c1-5-17-6-2-11(1)13-9-18-16-15(13)21-14(10-19-16)20-12-3-7-22-8-4-12/h9-12,17H,1-8H2,(H,18,19)(H,20,21). The summed E-state index contributed by atoms with van der Waals surface area (Å²) in [4.78, 5) is 12.6. The molecule has 2 aromatic rings. The number of ether oxygens (including phenoxy) is 1. The first-order chi connectivity index (χ1) is 10.9. The fraction of sp³-hybridized carbons (Fsp3) is 0.625. The number of H-pyrrole nitrogens is 1. The lowest BCUT2D eigenvalue weighted by Crippen LogP contribution is -2.28. The molecule has 0 bridgehead atoms. The van der Waals surface area contributed by atoms with Gasteiger partial charge in [0.25, 0.3) is 0 Å². The summed E-state index contributed by atoms with van der Waals surface area (Å²) in [5.74, 6) is 1.47. The van der Waals surface area contributed by atoms with E-state index in [0.717, 1.165) is 56.1 Å². The molecule has 0 radical (unpaired) electrons. The van der Waals surface area contributed by atoms with E-state index in [-0.39, 0.29) is 0 Å². The van der Waals surface area contributed by atoms with Gasteiger partial charge in [0.05, 0.1) is 6.20 Å². The van der Waals surface area contributed by atoms with E-state index in [4.69, 9.17) is 9.72 Å². The highest BCUT2D eigenvalue weighted by Gasteiger charge is 2.20. The Labute approximate surface area is 130 Å². The van der Waals surface area contributed by atoms with E-state index in [1.807, 2.05) is 6.20 Å². The maximum Gasteiger partial charge on any atom is 0.156 e. The molecule has 0 saturated carbocycles. The molecule has 2 aliphatic rings. The number of aromatic nitrogens is 3. The number of nitrogens with one attached hydrogen (secondary N) is 3. The van der Waals surface area contributed by atoms with Gasteiger partial charge in [0, 0.05) is 31.0 Å². The summed E-state index contributed by atoms with van der Waals surface area (Å²) in [5.41, 5.74) is 3.25. The maximum atomic E-state index is 5.41. The van der Waals surface area contributed by atoms with Crippen molar-refractivity contribution in [2.45, 2.75) is 37.6 Å². The number of anilines is 1. The summed E-state index contributed by atoms with van der Waals surface area (Å²) in [7, 11) is 0. The molecule has 0 unspecified atom stereocenters. The molecule has 118 valence electrons. The van der Waals surface area contributed by atoms with Crippen molar-refractivity contribution in [1.29, 1.82) is 0 Å². The van der Waals surface area contributed by atoms with Crippen LogP contribution in [-0.2, 0) is 4.74 Å². The van der Waals surface area contributed by atoms with Crippen LogP contribution in [0.2, 0.25) is 0 Å². The SMILES string of the molecule is c1nc2[nH]cc(C3CCNCC3)c2nc1NC1CCOCC1. The molecular formula is C16H23N5O. The van der Waals surface area contributed by atoms with Crippen LogP contribution in [0.3, 0.4) is 0 Å². The third-order valence-corrected chi connectivity index (χ3v) is 4.76. The summed E-state index contributed by atoms with van der Waals surface area (Å²) in [6.07, 6.45) is 8.35. The average Bonchev–Trinajstić information content (AvgIpc) is 3.00. The van der Waals surface area contributed by atoms with E-state index >= 15 is 0 Å². The molecule has 6 nitrogen and oxygen atoms in total. The molecule has 0 aliphatic carbocycles. The molecule has 4 heterocycles. The molecule has 2 aromatic heterocycles. The first-order valence-corrected chi connectivity index (χ1v) is 8.29. The van der Waals surface area contributed by atoms with E-state index in [0.29, 0.717) is 12.0 Å². The molecule has 3 N–H and O–H groups in total. The Kier molecular flexibility index (Phi) is 3.95. The summed E-state index contributed by atoms with van der Waals surface area (Å²) in [5, 5.41) is 6.93. The van der Waals surface area contributed by atoms with Crippen LogP contribution in [0.25, 0.3) is 11.2 Å². The fourth-order valence-electron chi connectivity index (χ4n) is 3.48. The summed E-state index contributed by atoms with van der Waals surface area (Å²) < 4.78 is 5.41. The minimum atomic E-state index is 0.446. The third-order valence-electron chi connectivity index (χ3n) is 4.76. The number of aromatic amines is 1. The van der Waals surface area contributed by atoms with Crippen molar-refractivity contribution in [2.24, 2.45) is 0 Å². The number of hydrogen-bond acceptors (Lipinski definition) is 5. The zero-order valence-electron chi connectivity index (χ0n) is 12.8. The van der Waals surface area contributed by atoms with Gasteiger partial charge >= 0.3 is 0 Å². The Hall–Kier alpha value is -1.66. The van der Waals surface area contributed by atoms with Gasteiger partial charge in [-0.1, -0.05) is 0 Å². The lowest BCUT2D eigenvalue weighted by atomic mass is 9.91. The first kappa shape index (κ1) is 14.0. The van der Waals surface area contributed by atoms with Crippen molar-refractivity contribution in [3.05, 3.63) is 18.0 Å². The molecule has 0 spiro atoms. The third kappa shape index (κ3) is 2.80. The topological polar surface area (TPSA) is 74.9 Å². The van der Waals surface area contributed by atoms with Gasteiger partial charge in [0.1, 0.15) is 11.3 Å². The van der Waals surface area contributed by atoms with Gasteiger partial charge in [-0.3, -0.25) is 0 Å². The zero-order chi connectivity index (χ0) is 14.8.